The minimum absolute atomic E-state index is 0.0962. The van der Waals surface area contributed by atoms with Gasteiger partial charge in [0, 0.05) is 18.5 Å². The van der Waals surface area contributed by atoms with Gasteiger partial charge in [-0.25, -0.2) is 4.98 Å². The van der Waals surface area contributed by atoms with Crippen molar-refractivity contribution < 1.29 is 4.42 Å². The Labute approximate surface area is 78.5 Å². The molecule has 0 atom stereocenters. The lowest BCUT2D eigenvalue weighted by atomic mass is 9.93. The van der Waals surface area contributed by atoms with E-state index in [1.807, 2.05) is 0 Å². The van der Waals surface area contributed by atoms with E-state index >= 15 is 0 Å². The highest BCUT2D eigenvalue weighted by Crippen LogP contribution is 2.25. The van der Waals surface area contributed by atoms with Gasteiger partial charge in [-0.3, -0.25) is 0 Å². The first-order valence-corrected chi connectivity index (χ1v) is 4.74. The van der Waals surface area contributed by atoms with Gasteiger partial charge in [0.25, 0.3) is 0 Å². The second kappa shape index (κ2) is 2.84. The van der Waals surface area contributed by atoms with Crippen LogP contribution in [0.1, 0.15) is 38.3 Å². The molecule has 1 N–H and O–H groups in total. The molecule has 1 fully saturated rings. The molecular formula is C10H16N2O. The zero-order valence-corrected chi connectivity index (χ0v) is 8.42. The zero-order chi connectivity index (χ0) is 9.47. The third kappa shape index (κ3) is 1.61. The van der Waals surface area contributed by atoms with Crippen LogP contribution in [0.25, 0.3) is 0 Å². The molecule has 0 saturated carbocycles. The van der Waals surface area contributed by atoms with Crippen molar-refractivity contribution in [3.05, 3.63) is 17.8 Å². The molecule has 3 nitrogen and oxygen atoms in total. The van der Waals surface area contributed by atoms with Crippen LogP contribution in [-0.2, 0) is 5.41 Å². The van der Waals surface area contributed by atoms with Gasteiger partial charge in [0.2, 0.25) is 0 Å². The number of nitrogens with zero attached hydrogens (tertiary/aromatic N) is 1. The SMILES string of the molecule is CC(C)(C)c1coc(C2CNC2)n1. The second-order valence-corrected chi connectivity index (χ2v) is 4.68. The van der Waals surface area contributed by atoms with Crippen LogP contribution < -0.4 is 5.32 Å². The van der Waals surface area contributed by atoms with Crippen LogP contribution in [0, 0.1) is 0 Å². The summed E-state index contributed by atoms with van der Waals surface area (Å²) in [7, 11) is 0. The Morgan fingerprint density at radius 2 is 2.15 bits per heavy atom. The Bertz CT molecular complexity index is 294. The maximum atomic E-state index is 5.44. The van der Waals surface area contributed by atoms with Crippen molar-refractivity contribution in [2.24, 2.45) is 0 Å². The lowest BCUT2D eigenvalue weighted by Crippen LogP contribution is -2.40. The van der Waals surface area contributed by atoms with E-state index in [0.29, 0.717) is 5.92 Å². The summed E-state index contributed by atoms with van der Waals surface area (Å²) >= 11 is 0. The van der Waals surface area contributed by atoms with E-state index in [-0.39, 0.29) is 5.41 Å². The molecule has 1 aliphatic rings. The van der Waals surface area contributed by atoms with Gasteiger partial charge in [0.1, 0.15) is 6.26 Å². The van der Waals surface area contributed by atoms with Crippen LogP contribution in [0.3, 0.4) is 0 Å². The molecule has 3 heteroatoms. The topological polar surface area (TPSA) is 38.1 Å². The molecule has 0 bridgehead atoms. The van der Waals surface area contributed by atoms with Crippen LogP contribution in [0.15, 0.2) is 10.7 Å². The smallest absolute Gasteiger partial charge is 0.199 e. The van der Waals surface area contributed by atoms with E-state index in [1.165, 1.54) is 0 Å². The van der Waals surface area contributed by atoms with Crippen LogP contribution in [0.2, 0.25) is 0 Å². The minimum Gasteiger partial charge on any atom is -0.448 e. The lowest BCUT2D eigenvalue weighted by Gasteiger charge is -2.23. The summed E-state index contributed by atoms with van der Waals surface area (Å²) in [6.45, 7) is 8.45. The molecule has 1 aliphatic heterocycles. The van der Waals surface area contributed by atoms with Crippen molar-refractivity contribution >= 4 is 0 Å². The number of hydrogen-bond donors (Lipinski definition) is 1. The summed E-state index contributed by atoms with van der Waals surface area (Å²) in [6.07, 6.45) is 1.79. The molecule has 1 saturated heterocycles. The molecule has 72 valence electrons. The molecule has 13 heavy (non-hydrogen) atoms. The summed E-state index contributed by atoms with van der Waals surface area (Å²) in [5, 5.41) is 3.21. The molecular weight excluding hydrogens is 164 g/mol. The largest absolute Gasteiger partial charge is 0.448 e. The van der Waals surface area contributed by atoms with Gasteiger partial charge >= 0.3 is 0 Å². The van der Waals surface area contributed by atoms with Crippen molar-refractivity contribution in [2.75, 3.05) is 13.1 Å². The summed E-state index contributed by atoms with van der Waals surface area (Å²) in [5.41, 5.74) is 1.15. The van der Waals surface area contributed by atoms with Gasteiger partial charge in [0.15, 0.2) is 5.89 Å². The Balaban J connectivity index is 2.17. The number of oxazole rings is 1. The maximum absolute atomic E-state index is 5.44. The Kier molecular flexibility index (Phi) is 1.91. The number of nitrogens with one attached hydrogen (secondary N) is 1. The molecule has 0 amide bonds. The van der Waals surface area contributed by atoms with Crippen LogP contribution >= 0.6 is 0 Å². The molecule has 0 aromatic carbocycles. The predicted molar refractivity (Wildman–Crippen MR) is 50.8 cm³/mol. The fraction of sp³-hybridized carbons (Fsp3) is 0.700. The van der Waals surface area contributed by atoms with Crippen molar-refractivity contribution in [2.45, 2.75) is 32.1 Å². The number of rotatable bonds is 1. The number of aromatic nitrogens is 1. The molecule has 2 heterocycles. The van der Waals surface area contributed by atoms with Gasteiger partial charge in [-0.2, -0.15) is 0 Å². The fourth-order valence-corrected chi connectivity index (χ4v) is 1.28. The first kappa shape index (κ1) is 8.75. The highest BCUT2D eigenvalue weighted by atomic mass is 16.3. The van der Waals surface area contributed by atoms with Crippen molar-refractivity contribution in [1.82, 2.24) is 10.3 Å². The predicted octanol–water partition coefficient (Wildman–Crippen LogP) is 1.66. The molecule has 1 aromatic rings. The fourth-order valence-electron chi connectivity index (χ4n) is 1.28. The average Bonchev–Trinajstić information content (AvgIpc) is 2.29. The van der Waals surface area contributed by atoms with Crippen LogP contribution in [0.4, 0.5) is 0 Å². The van der Waals surface area contributed by atoms with E-state index in [0.717, 1.165) is 24.7 Å². The first-order chi connectivity index (χ1) is 6.07. The van der Waals surface area contributed by atoms with Crippen molar-refractivity contribution in [3.8, 4) is 0 Å². The highest BCUT2D eigenvalue weighted by molar-refractivity contribution is 5.12. The standard InChI is InChI=1S/C10H16N2O/c1-10(2,3)8-6-13-9(12-8)7-4-11-5-7/h6-7,11H,4-5H2,1-3H3. The summed E-state index contributed by atoms with van der Waals surface area (Å²) in [6, 6.07) is 0. The maximum Gasteiger partial charge on any atom is 0.199 e. The van der Waals surface area contributed by atoms with Gasteiger partial charge < -0.3 is 9.73 Å². The monoisotopic (exact) mass is 180 g/mol. The Morgan fingerprint density at radius 3 is 2.54 bits per heavy atom. The third-order valence-electron chi connectivity index (χ3n) is 2.42. The Morgan fingerprint density at radius 1 is 1.46 bits per heavy atom. The van der Waals surface area contributed by atoms with E-state index in [4.69, 9.17) is 4.42 Å². The van der Waals surface area contributed by atoms with Crippen molar-refractivity contribution in [1.29, 1.82) is 0 Å². The normalized spacial score (nSPS) is 18.7. The van der Waals surface area contributed by atoms with E-state index in [9.17, 15) is 0 Å². The van der Waals surface area contributed by atoms with E-state index in [2.05, 4.69) is 31.1 Å². The molecule has 0 spiro atoms. The third-order valence-corrected chi connectivity index (χ3v) is 2.42. The average molecular weight is 180 g/mol. The summed E-state index contributed by atoms with van der Waals surface area (Å²) in [4.78, 5) is 4.50. The quantitative estimate of drug-likeness (QED) is 0.714. The summed E-state index contributed by atoms with van der Waals surface area (Å²) < 4.78 is 5.44. The second-order valence-electron chi connectivity index (χ2n) is 4.68. The molecule has 0 unspecified atom stereocenters. The van der Waals surface area contributed by atoms with Crippen LogP contribution in [0.5, 0.6) is 0 Å². The van der Waals surface area contributed by atoms with Gasteiger partial charge in [-0.15, -0.1) is 0 Å². The molecule has 1 aromatic heterocycles. The van der Waals surface area contributed by atoms with Gasteiger partial charge in [-0.1, -0.05) is 20.8 Å². The van der Waals surface area contributed by atoms with Crippen molar-refractivity contribution in [3.63, 3.8) is 0 Å². The first-order valence-electron chi connectivity index (χ1n) is 4.74. The van der Waals surface area contributed by atoms with Crippen LogP contribution in [-0.4, -0.2) is 18.1 Å². The minimum atomic E-state index is 0.0962. The van der Waals surface area contributed by atoms with Gasteiger partial charge in [-0.05, 0) is 0 Å². The molecule has 2 rings (SSSR count). The van der Waals surface area contributed by atoms with Gasteiger partial charge in [0.05, 0.1) is 11.6 Å². The summed E-state index contributed by atoms with van der Waals surface area (Å²) in [5.74, 6) is 1.39. The lowest BCUT2D eigenvalue weighted by molar-refractivity contribution is 0.357. The van der Waals surface area contributed by atoms with E-state index in [1.54, 1.807) is 6.26 Å². The molecule has 0 radical (unpaired) electrons. The molecule has 0 aliphatic carbocycles. The highest BCUT2D eigenvalue weighted by Gasteiger charge is 2.26. The number of hydrogen-bond acceptors (Lipinski definition) is 3. The Hall–Kier alpha value is -0.830. The van der Waals surface area contributed by atoms with E-state index < -0.39 is 0 Å². The zero-order valence-electron chi connectivity index (χ0n) is 8.42.